The highest BCUT2D eigenvalue weighted by atomic mass is 35.5. The van der Waals surface area contributed by atoms with Crippen molar-refractivity contribution in [3.05, 3.63) is 77.0 Å². The minimum Gasteiger partial charge on any atom is -0.299 e. The summed E-state index contributed by atoms with van der Waals surface area (Å²) in [6, 6.07) is 16.1. The van der Waals surface area contributed by atoms with Crippen molar-refractivity contribution in [3.63, 3.8) is 0 Å². The van der Waals surface area contributed by atoms with E-state index in [9.17, 15) is 0 Å². The third kappa shape index (κ3) is 3.43. The number of halogens is 1. The molecular formula is C22H23ClN6. The second kappa shape index (κ2) is 7.61. The summed E-state index contributed by atoms with van der Waals surface area (Å²) in [6.45, 7) is 4.89. The number of rotatable bonds is 4. The van der Waals surface area contributed by atoms with Crippen LogP contribution in [0.5, 0.6) is 0 Å². The molecule has 148 valence electrons. The van der Waals surface area contributed by atoms with Crippen molar-refractivity contribution in [2.24, 2.45) is 0 Å². The van der Waals surface area contributed by atoms with E-state index in [1.165, 1.54) is 0 Å². The maximum atomic E-state index is 6.71. The van der Waals surface area contributed by atoms with Crippen LogP contribution in [0.4, 0.5) is 0 Å². The van der Waals surface area contributed by atoms with Gasteiger partial charge < -0.3 is 0 Å². The van der Waals surface area contributed by atoms with E-state index in [0.29, 0.717) is 11.1 Å². The number of benzene rings is 1. The molecule has 29 heavy (non-hydrogen) atoms. The third-order valence-corrected chi connectivity index (χ3v) is 6.19. The molecule has 1 aromatic carbocycles. The molecule has 1 fully saturated rings. The fraction of sp³-hybridized carbons (Fsp3) is 0.318. The zero-order chi connectivity index (χ0) is 19.8. The summed E-state index contributed by atoms with van der Waals surface area (Å²) in [5.74, 6) is 1.51. The number of para-hydroxylation sites is 1. The van der Waals surface area contributed by atoms with Crippen molar-refractivity contribution in [2.45, 2.75) is 32.2 Å². The van der Waals surface area contributed by atoms with Gasteiger partial charge in [0.15, 0.2) is 5.65 Å². The lowest BCUT2D eigenvalue weighted by Gasteiger charge is -2.31. The van der Waals surface area contributed by atoms with E-state index in [2.05, 4.69) is 30.8 Å². The predicted octanol–water partition coefficient (Wildman–Crippen LogP) is 4.26. The molecule has 0 unspecified atom stereocenters. The maximum Gasteiger partial charge on any atom is 0.160 e. The van der Waals surface area contributed by atoms with E-state index in [4.69, 9.17) is 11.6 Å². The van der Waals surface area contributed by atoms with Crippen LogP contribution in [0.3, 0.4) is 0 Å². The van der Waals surface area contributed by atoms with Gasteiger partial charge in [-0.05, 0) is 57.1 Å². The Morgan fingerprint density at radius 2 is 1.76 bits per heavy atom. The first-order valence-corrected chi connectivity index (χ1v) is 10.4. The van der Waals surface area contributed by atoms with E-state index < -0.39 is 0 Å². The van der Waals surface area contributed by atoms with Gasteiger partial charge in [-0.2, -0.15) is 5.10 Å². The van der Waals surface area contributed by atoms with Gasteiger partial charge in [-0.1, -0.05) is 35.9 Å². The van der Waals surface area contributed by atoms with Gasteiger partial charge in [-0.25, -0.2) is 4.68 Å². The zero-order valence-electron chi connectivity index (χ0n) is 16.4. The Morgan fingerprint density at radius 1 is 1.00 bits per heavy atom. The van der Waals surface area contributed by atoms with E-state index in [0.717, 1.165) is 60.9 Å². The van der Waals surface area contributed by atoms with Gasteiger partial charge in [0, 0.05) is 24.2 Å². The average molecular weight is 407 g/mol. The van der Waals surface area contributed by atoms with Crippen LogP contribution in [0.25, 0.3) is 11.3 Å². The normalized spacial score (nSPS) is 15.9. The molecule has 0 atom stereocenters. The molecule has 0 radical (unpaired) electrons. The summed E-state index contributed by atoms with van der Waals surface area (Å²) >= 11 is 6.71. The number of aryl methyl sites for hydroxylation is 1. The van der Waals surface area contributed by atoms with Crippen molar-refractivity contribution in [1.29, 1.82) is 0 Å². The maximum absolute atomic E-state index is 6.71. The largest absolute Gasteiger partial charge is 0.299 e. The molecule has 5 rings (SSSR count). The average Bonchev–Trinajstić information content (AvgIpc) is 3.31. The van der Waals surface area contributed by atoms with Crippen LogP contribution in [-0.2, 0) is 6.54 Å². The second-order valence-corrected chi connectivity index (χ2v) is 8.00. The summed E-state index contributed by atoms with van der Waals surface area (Å²) in [5.41, 5.74) is 4.01. The zero-order valence-corrected chi connectivity index (χ0v) is 17.1. The summed E-state index contributed by atoms with van der Waals surface area (Å²) in [5, 5.41) is 14.1. The minimum atomic E-state index is 0.437. The van der Waals surface area contributed by atoms with Crippen LogP contribution in [-0.4, -0.2) is 42.4 Å². The van der Waals surface area contributed by atoms with Crippen molar-refractivity contribution in [3.8, 4) is 5.69 Å². The molecular weight excluding hydrogens is 384 g/mol. The lowest BCUT2D eigenvalue weighted by Crippen LogP contribution is -2.33. The smallest absolute Gasteiger partial charge is 0.160 e. The number of hydrogen-bond donors (Lipinski definition) is 0. The standard InChI is InChI=1S/C22H23ClN6/c1-16-19(21(23)29(26-16)18-7-3-2-4-8-18)15-27-13-10-17(11-14-27)22-25-24-20-9-5-6-12-28(20)22/h2-9,12,17H,10-11,13-15H2,1H3. The Morgan fingerprint density at radius 3 is 2.55 bits per heavy atom. The van der Waals surface area contributed by atoms with Crippen LogP contribution in [0.15, 0.2) is 54.7 Å². The van der Waals surface area contributed by atoms with Crippen LogP contribution in [0.2, 0.25) is 5.15 Å². The molecule has 0 amide bonds. The van der Waals surface area contributed by atoms with Gasteiger partial charge >= 0.3 is 0 Å². The van der Waals surface area contributed by atoms with E-state index in [1.807, 2.05) is 60.1 Å². The number of fused-ring (bicyclic) bond motifs is 1. The van der Waals surface area contributed by atoms with E-state index >= 15 is 0 Å². The molecule has 0 spiro atoms. The third-order valence-electron chi connectivity index (χ3n) is 5.80. The molecule has 4 aromatic rings. The fourth-order valence-electron chi connectivity index (χ4n) is 4.16. The molecule has 0 N–H and O–H groups in total. The lowest BCUT2D eigenvalue weighted by molar-refractivity contribution is 0.201. The van der Waals surface area contributed by atoms with Crippen molar-refractivity contribution in [2.75, 3.05) is 13.1 Å². The first kappa shape index (κ1) is 18.3. The monoisotopic (exact) mass is 406 g/mol. The fourth-order valence-corrected chi connectivity index (χ4v) is 4.49. The lowest BCUT2D eigenvalue weighted by atomic mass is 9.95. The molecule has 1 saturated heterocycles. The quantitative estimate of drug-likeness (QED) is 0.508. The van der Waals surface area contributed by atoms with Crippen LogP contribution < -0.4 is 0 Å². The molecule has 0 aliphatic carbocycles. The highest BCUT2D eigenvalue weighted by Gasteiger charge is 2.26. The van der Waals surface area contributed by atoms with Gasteiger partial charge in [0.05, 0.1) is 11.4 Å². The molecule has 4 heterocycles. The molecule has 0 saturated carbocycles. The van der Waals surface area contributed by atoms with Crippen LogP contribution in [0, 0.1) is 6.92 Å². The van der Waals surface area contributed by atoms with Crippen molar-refractivity contribution >= 4 is 17.2 Å². The first-order valence-electron chi connectivity index (χ1n) is 10.0. The van der Waals surface area contributed by atoms with Gasteiger partial charge in [0.25, 0.3) is 0 Å². The molecule has 1 aliphatic heterocycles. The van der Waals surface area contributed by atoms with Gasteiger partial charge in [0.2, 0.25) is 0 Å². The molecule has 7 heteroatoms. The summed E-state index contributed by atoms with van der Waals surface area (Å²) in [6.07, 6.45) is 4.19. The number of piperidine rings is 1. The highest BCUT2D eigenvalue weighted by molar-refractivity contribution is 6.30. The molecule has 6 nitrogen and oxygen atoms in total. The predicted molar refractivity (Wildman–Crippen MR) is 114 cm³/mol. The topological polar surface area (TPSA) is 51.2 Å². The number of nitrogens with zero attached hydrogens (tertiary/aromatic N) is 6. The van der Waals surface area contributed by atoms with E-state index in [1.54, 1.807) is 0 Å². The summed E-state index contributed by atoms with van der Waals surface area (Å²) in [7, 11) is 0. The Hall–Kier alpha value is -2.70. The second-order valence-electron chi connectivity index (χ2n) is 7.64. The molecule has 3 aromatic heterocycles. The van der Waals surface area contributed by atoms with Gasteiger partial charge in [-0.15, -0.1) is 10.2 Å². The van der Waals surface area contributed by atoms with E-state index in [-0.39, 0.29) is 0 Å². The van der Waals surface area contributed by atoms with Gasteiger partial charge in [-0.3, -0.25) is 9.30 Å². The minimum absolute atomic E-state index is 0.437. The Bertz CT molecular complexity index is 1120. The summed E-state index contributed by atoms with van der Waals surface area (Å²) < 4.78 is 3.95. The Balaban J connectivity index is 1.29. The van der Waals surface area contributed by atoms with Gasteiger partial charge in [0.1, 0.15) is 11.0 Å². The Kier molecular flexibility index (Phi) is 4.81. The van der Waals surface area contributed by atoms with Crippen LogP contribution >= 0.6 is 11.6 Å². The van der Waals surface area contributed by atoms with Crippen molar-refractivity contribution in [1.82, 2.24) is 29.3 Å². The Labute approximate surface area is 174 Å². The summed E-state index contributed by atoms with van der Waals surface area (Å²) in [4.78, 5) is 2.46. The number of aromatic nitrogens is 5. The SMILES string of the molecule is Cc1nn(-c2ccccc2)c(Cl)c1CN1CCC(c2nnc3ccccn23)CC1. The number of likely N-dealkylation sites (tertiary alicyclic amines) is 1. The molecule has 1 aliphatic rings. The number of pyridine rings is 1. The first-order chi connectivity index (χ1) is 14.2. The highest BCUT2D eigenvalue weighted by Crippen LogP contribution is 2.30. The van der Waals surface area contributed by atoms with Crippen molar-refractivity contribution < 1.29 is 0 Å². The molecule has 0 bridgehead atoms. The van der Waals surface area contributed by atoms with Crippen LogP contribution in [0.1, 0.15) is 35.8 Å². The number of hydrogen-bond acceptors (Lipinski definition) is 4.